The van der Waals surface area contributed by atoms with Crippen molar-refractivity contribution in [3.63, 3.8) is 0 Å². The molecule has 1 heterocycles. The number of hydrogen-bond acceptors (Lipinski definition) is 3. The number of aromatic nitrogens is 1. The van der Waals surface area contributed by atoms with E-state index < -0.39 is 0 Å². The van der Waals surface area contributed by atoms with E-state index >= 15 is 0 Å². The van der Waals surface area contributed by atoms with E-state index in [-0.39, 0.29) is 12.1 Å². The smallest absolute Gasteiger partial charge is 0.228 e. The average molecular weight is 292 g/mol. The Labute approximate surface area is 102 Å². The van der Waals surface area contributed by atoms with Crippen molar-refractivity contribution in [1.29, 1.82) is 0 Å². The van der Waals surface area contributed by atoms with E-state index in [4.69, 9.17) is 22.1 Å². The first-order chi connectivity index (χ1) is 7.16. The van der Waals surface area contributed by atoms with Crippen LogP contribution in [0.2, 0.25) is 5.02 Å². The summed E-state index contributed by atoms with van der Waals surface area (Å²) in [6.45, 7) is 0. The highest BCUT2D eigenvalue weighted by molar-refractivity contribution is 9.10. The number of rotatable bonds is 2. The predicted octanol–water partition coefficient (Wildman–Crippen LogP) is 2.76. The summed E-state index contributed by atoms with van der Waals surface area (Å²) in [6.07, 6.45) is 4.79. The van der Waals surface area contributed by atoms with Crippen LogP contribution >= 0.6 is 27.5 Å². The van der Waals surface area contributed by atoms with Gasteiger partial charge in [-0.25, -0.2) is 4.98 Å². The Balaban J connectivity index is 2.10. The Morgan fingerprint density at radius 3 is 2.93 bits per heavy atom. The van der Waals surface area contributed by atoms with Gasteiger partial charge in [0.15, 0.2) is 0 Å². The van der Waals surface area contributed by atoms with Gasteiger partial charge in [0.05, 0.1) is 9.50 Å². The van der Waals surface area contributed by atoms with Gasteiger partial charge in [-0.2, -0.15) is 0 Å². The van der Waals surface area contributed by atoms with Gasteiger partial charge in [0, 0.05) is 12.2 Å². The normalized spacial score (nSPS) is 25.5. The minimum atomic E-state index is 0.0787. The zero-order valence-corrected chi connectivity index (χ0v) is 10.5. The topological polar surface area (TPSA) is 48.1 Å². The van der Waals surface area contributed by atoms with Crippen molar-refractivity contribution in [2.75, 3.05) is 0 Å². The Morgan fingerprint density at radius 1 is 1.53 bits per heavy atom. The van der Waals surface area contributed by atoms with Gasteiger partial charge in [0.2, 0.25) is 5.88 Å². The quantitative estimate of drug-likeness (QED) is 0.911. The molecule has 1 saturated carbocycles. The van der Waals surface area contributed by atoms with Crippen molar-refractivity contribution in [2.24, 2.45) is 5.73 Å². The van der Waals surface area contributed by atoms with E-state index in [2.05, 4.69) is 20.9 Å². The van der Waals surface area contributed by atoms with Crippen LogP contribution < -0.4 is 10.5 Å². The highest BCUT2D eigenvalue weighted by atomic mass is 79.9. The van der Waals surface area contributed by atoms with Gasteiger partial charge >= 0.3 is 0 Å². The molecule has 0 saturated heterocycles. The number of hydrogen-bond donors (Lipinski definition) is 1. The molecular formula is C10H12BrClN2O. The molecule has 5 heteroatoms. The number of nitrogens with zero attached hydrogens (tertiary/aromatic N) is 1. The van der Waals surface area contributed by atoms with Gasteiger partial charge in [-0.05, 0) is 41.3 Å². The molecule has 1 aliphatic carbocycles. The predicted molar refractivity (Wildman–Crippen MR) is 63.2 cm³/mol. The van der Waals surface area contributed by atoms with E-state index in [1.54, 1.807) is 12.3 Å². The Morgan fingerprint density at radius 2 is 2.33 bits per heavy atom. The summed E-state index contributed by atoms with van der Waals surface area (Å²) in [7, 11) is 0. The molecule has 2 rings (SSSR count). The molecule has 15 heavy (non-hydrogen) atoms. The minimum Gasteiger partial charge on any atom is -0.472 e. The molecule has 2 atom stereocenters. The first-order valence-corrected chi connectivity index (χ1v) is 6.07. The fourth-order valence-electron chi connectivity index (χ4n) is 1.73. The maximum atomic E-state index is 5.91. The van der Waals surface area contributed by atoms with E-state index in [1.165, 1.54) is 0 Å². The first-order valence-electron chi connectivity index (χ1n) is 4.90. The first kappa shape index (κ1) is 11.2. The third-order valence-corrected chi connectivity index (χ3v) is 3.32. The maximum Gasteiger partial charge on any atom is 0.228 e. The van der Waals surface area contributed by atoms with Gasteiger partial charge in [0.1, 0.15) is 6.10 Å². The summed E-state index contributed by atoms with van der Waals surface area (Å²) in [5.74, 6) is 0.571. The second kappa shape index (κ2) is 4.68. The minimum absolute atomic E-state index is 0.0787. The molecule has 0 aromatic carbocycles. The molecule has 82 valence electrons. The number of nitrogens with two attached hydrogens (primary N) is 1. The second-order valence-corrected chi connectivity index (χ2v) is 4.98. The van der Waals surface area contributed by atoms with Crippen LogP contribution in [0.15, 0.2) is 16.7 Å². The molecule has 0 amide bonds. The number of ether oxygens (including phenoxy) is 1. The van der Waals surface area contributed by atoms with Crippen molar-refractivity contribution >= 4 is 27.5 Å². The zero-order chi connectivity index (χ0) is 10.8. The van der Waals surface area contributed by atoms with E-state index in [9.17, 15) is 0 Å². The van der Waals surface area contributed by atoms with Crippen LogP contribution in [0, 0.1) is 0 Å². The van der Waals surface area contributed by atoms with Gasteiger partial charge in [-0.1, -0.05) is 11.6 Å². The molecule has 0 spiro atoms. The van der Waals surface area contributed by atoms with Crippen LogP contribution in [0.25, 0.3) is 0 Å². The van der Waals surface area contributed by atoms with Crippen molar-refractivity contribution in [2.45, 2.75) is 31.4 Å². The molecule has 0 bridgehead atoms. The molecule has 1 aromatic rings. The number of pyridine rings is 1. The van der Waals surface area contributed by atoms with Crippen LogP contribution in [-0.4, -0.2) is 17.1 Å². The number of halogens is 2. The summed E-state index contributed by atoms with van der Waals surface area (Å²) in [5, 5.41) is 0.588. The van der Waals surface area contributed by atoms with Crippen LogP contribution in [0.3, 0.4) is 0 Å². The van der Waals surface area contributed by atoms with Gasteiger partial charge < -0.3 is 10.5 Å². The zero-order valence-electron chi connectivity index (χ0n) is 8.12. The van der Waals surface area contributed by atoms with Gasteiger partial charge in [-0.15, -0.1) is 0 Å². The highest BCUT2D eigenvalue weighted by Gasteiger charge is 2.26. The fraction of sp³-hybridized carbons (Fsp3) is 0.500. The lowest BCUT2D eigenvalue weighted by Crippen LogP contribution is -2.33. The van der Waals surface area contributed by atoms with Gasteiger partial charge in [0.25, 0.3) is 0 Å². The molecule has 2 unspecified atom stereocenters. The van der Waals surface area contributed by atoms with Crippen LogP contribution in [-0.2, 0) is 0 Å². The van der Waals surface area contributed by atoms with E-state index in [0.717, 1.165) is 23.7 Å². The third kappa shape index (κ3) is 2.62. The van der Waals surface area contributed by atoms with Crippen molar-refractivity contribution in [1.82, 2.24) is 4.98 Å². The van der Waals surface area contributed by atoms with Crippen molar-refractivity contribution in [3.8, 4) is 5.88 Å². The van der Waals surface area contributed by atoms with E-state index in [0.29, 0.717) is 10.9 Å². The molecule has 0 radical (unpaired) electrons. The molecule has 1 aromatic heterocycles. The second-order valence-electron chi connectivity index (χ2n) is 3.69. The lowest BCUT2D eigenvalue weighted by molar-refractivity contribution is 0.182. The summed E-state index contributed by atoms with van der Waals surface area (Å²) in [4.78, 5) is 4.12. The molecular weight excluding hydrogens is 279 g/mol. The summed E-state index contributed by atoms with van der Waals surface area (Å²) < 4.78 is 6.50. The maximum absolute atomic E-state index is 5.91. The van der Waals surface area contributed by atoms with Crippen LogP contribution in [0.5, 0.6) is 5.88 Å². The highest BCUT2D eigenvalue weighted by Crippen LogP contribution is 2.29. The standard InChI is InChI=1S/C10H12BrClN2O/c11-7-4-6(12)5-14-10(7)15-9-3-1-2-8(9)13/h4-5,8-9H,1-3,13H2. The SMILES string of the molecule is NC1CCCC1Oc1ncc(Cl)cc1Br. The summed E-state index contributed by atoms with van der Waals surface area (Å²) in [5.41, 5.74) is 5.91. The largest absolute Gasteiger partial charge is 0.472 e. The molecule has 1 aliphatic rings. The van der Waals surface area contributed by atoms with Crippen molar-refractivity contribution < 1.29 is 4.74 Å². The lowest BCUT2D eigenvalue weighted by atomic mass is 10.2. The average Bonchev–Trinajstić information content (AvgIpc) is 2.57. The van der Waals surface area contributed by atoms with E-state index in [1.807, 2.05) is 0 Å². The Bertz CT molecular complexity index is 361. The Hall–Kier alpha value is -0.320. The fourth-order valence-corrected chi connectivity index (χ4v) is 2.47. The molecule has 0 aliphatic heterocycles. The van der Waals surface area contributed by atoms with Crippen LogP contribution in [0.4, 0.5) is 0 Å². The lowest BCUT2D eigenvalue weighted by Gasteiger charge is -2.17. The monoisotopic (exact) mass is 290 g/mol. The van der Waals surface area contributed by atoms with Crippen molar-refractivity contribution in [3.05, 3.63) is 21.8 Å². The summed E-state index contributed by atoms with van der Waals surface area (Å²) in [6, 6.07) is 1.89. The Kier molecular flexibility index (Phi) is 3.49. The third-order valence-electron chi connectivity index (χ3n) is 2.54. The molecule has 1 fully saturated rings. The molecule has 3 nitrogen and oxygen atoms in total. The summed E-state index contributed by atoms with van der Waals surface area (Å²) >= 11 is 9.15. The van der Waals surface area contributed by atoms with Gasteiger partial charge in [-0.3, -0.25) is 0 Å². The molecule has 2 N–H and O–H groups in total. The van der Waals surface area contributed by atoms with Crippen LogP contribution in [0.1, 0.15) is 19.3 Å².